The predicted octanol–water partition coefficient (Wildman–Crippen LogP) is 3.32. The number of rotatable bonds is 3. The van der Waals surface area contributed by atoms with Crippen molar-refractivity contribution in [2.24, 2.45) is 5.92 Å². The normalized spacial score (nSPS) is 20.9. The van der Waals surface area contributed by atoms with Gasteiger partial charge in [0, 0.05) is 24.8 Å². The second kappa shape index (κ2) is 5.24. The molecule has 1 aliphatic heterocycles. The maximum atomic E-state index is 5.27. The summed E-state index contributed by atoms with van der Waals surface area (Å²) in [6.45, 7) is 4.67. The minimum atomic E-state index is 0.861. The SMILES string of the molecule is CCC1CCCN(c2cccc(OC)c2)C1. The highest BCUT2D eigenvalue weighted by molar-refractivity contribution is 5.51. The lowest BCUT2D eigenvalue weighted by atomic mass is 9.95. The van der Waals surface area contributed by atoms with Crippen LogP contribution < -0.4 is 9.64 Å². The van der Waals surface area contributed by atoms with Crippen molar-refractivity contribution >= 4 is 5.69 Å². The zero-order valence-electron chi connectivity index (χ0n) is 10.3. The number of anilines is 1. The molecule has 88 valence electrons. The van der Waals surface area contributed by atoms with Crippen LogP contribution in [0.25, 0.3) is 0 Å². The van der Waals surface area contributed by atoms with Gasteiger partial charge in [-0.05, 0) is 30.9 Å². The van der Waals surface area contributed by atoms with E-state index in [2.05, 4.69) is 30.0 Å². The Bertz CT molecular complexity index is 337. The molecule has 0 bridgehead atoms. The molecule has 0 saturated carbocycles. The van der Waals surface area contributed by atoms with Crippen LogP contribution >= 0.6 is 0 Å². The largest absolute Gasteiger partial charge is 0.497 e. The molecule has 1 atom stereocenters. The van der Waals surface area contributed by atoms with Gasteiger partial charge in [-0.15, -0.1) is 0 Å². The van der Waals surface area contributed by atoms with Gasteiger partial charge in [0.05, 0.1) is 7.11 Å². The number of methoxy groups -OCH3 is 1. The third-order valence-corrected chi connectivity index (χ3v) is 3.51. The molecule has 1 fully saturated rings. The maximum Gasteiger partial charge on any atom is 0.120 e. The lowest BCUT2D eigenvalue weighted by Gasteiger charge is -2.34. The Morgan fingerprint density at radius 1 is 1.44 bits per heavy atom. The fourth-order valence-electron chi connectivity index (χ4n) is 2.44. The van der Waals surface area contributed by atoms with Crippen LogP contribution in [-0.2, 0) is 0 Å². The molecule has 0 amide bonds. The predicted molar refractivity (Wildman–Crippen MR) is 68.2 cm³/mol. The second-order valence-corrected chi connectivity index (χ2v) is 4.56. The van der Waals surface area contributed by atoms with Crippen LogP contribution in [0.1, 0.15) is 26.2 Å². The topological polar surface area (TPSA) is 12.5 Å². The third-order valence-electron chi connectivity index (χ3n) is 3.51. The van der Waals surface area contributed by atoms with Crippen LogP contribution in [0.3, 0.4) is 0 Å². The summed E-state index contributed by atoms with van der Waals surface area (Å²) in [5.74, 6) is 1.82. The van der Waals surface area contributed by atoms with Crippen LogP contribution in [0.5, 0.6) is 5.75 Å². The Hall–Kier alpha value is -1.18. The number of hydrogen-bond donors (Lipinski definition) is 0. The first-order chi connectivity index (χ1) is 7.83. The molecule has 0 aromatic heterocycles. The summed E-state index contributed by atoms with van der Waals surface area (Å²) in [7, 11) is 1.73. The van der Waals surface area contributed by atoms with Gasteiger partial charge < -0.3 is 9.64 Å². The lowest BCUT2D eigenvalue weighted by Crippen LogP contribution is -2.35. The summed E-state index contributed by atoms with van der Waals surface area (Å²) in [4.78, 5) is 2.49. The molecule has 1 heterocycles. The van der Waals surface area contributed by atoms with Gasteiger partial charge in [0.2, 0.25) is 0 Å². The first-order valence-electron chi connectivity index (χ1n) is 6.22. The Labute approximate surface area is 98.2 Å². The Morgan fingerprint density at radius 3 is 3.06 bits per heavy atom. The quantitative estimate of drug-likeness (QED) is 0.773. The summed E-state index contributed by atoms with van der Waals surface area (Å²) < 4.78 is 5.27. The Balaban J connectivity index is 2.10. The monoisotopic (exact) mass is 219 g/mol. The van der Waals surface area contributed by atoms with E-state index in [0.29, 0.717) is 0 Å². The summed E-state index contributed by atoms with van der Waals surface area (Å²) >= 11 is 0. The van der Waals surface area contributed by atoms with Crippen molar-refractivity contribution in [1.82, 2.24) is 0 Å². The van der Waals surface area contributed by atoms with Gasteiger partial charge in [-0.1, -0.05) is 19.4 Å². The van der Waals surface area contributed by atoms with Gasteiger partial charge in [0.25, 0.3) is 0 Å². The van der Waals surface area contributed by atoms with Crippen LogP contribution in [0.15, 0.2) is 24.3 Å². The molecule has 1 saturated heterocycles. The van der Waals surface area contributed by atoms with E-state index in [1.165, 1.54) is 38.0 Å². The van der Waals surface area contributed by atoms with Crippen molar-refractivity contribution in [2.45, 2.75) is 26.2 Å². The molecule has 1 aliphatic rings. The van der Waals surface area contributed by atoms with E-state index in [0.717, 1.165) is 11.7 Å². The molecule has 2 nitrogen and oxygen atoms in total. The summed E-state index contributed by atoms with van der Waals surface area (Å²) in [5, 5.41) is 0. The highest BCUT2D eigenvalue weighted by atomic mass is 16.5. The van der Waals surface area contributed by atoms with E-state index in [4.69, 9.17) is 4.74 Å². The maximum absolute atomic E-state index is 5.27. The van der Waals surface area contributed by atoms with E-state index < -0.39 is 0 Å². The fraction of sp³-hybridized carbons (Fsp3) is 0.571. The Morgan fingerprint density at radius 2 is 2.31 bits per heavy atom. The molecule has 0 spiro atoms. The van der Waals surface area contributed by atoms with Crippen molar-refractivity contribution in [3.8, 4) is 5.75 Å². The molecule has 0 radical (unpaired) electrons. The Kier molecular flexibility index (Phi) is 3.70. The van der Waals surface area contributed by atoms with Crippen molar-refractivity contribution in [3.63, 3.8) is 0 Å². The smallest absolute Gasteiger partial charge is 0.120 e. The molecule has 2 rings (SSSR count). The molecular formula is C14H21NO. The minimum Gasteiger partial charge on any atom is -0.497 e. The highest BCUT2D eigenvalue weighted by Gasteiger charge is 2.18. The number of ether oxygens (including phenoxy) is 1. The van der Waals surface area contributed by atoms with Crippen LogP contribution in [0.2, 0.25) is 0 Å². The highest BCUT2D eigenvalue weighted by Crippen LogP contribution is 2.27. The van der Waals surface area contributed by atoms with E-state index in [1.807, 2.05) is 6.07 Å². The number of hydrogen-bond acceptors (Lipinski definition) is 2. The van der Waals surface area contributed by atoms with Crippen molar-refractivity contribution in [3.05, 3.63) is 24.3 Å². The number of benzene rings is 1. The molecule has 1 aromatic carbocycles. The lowest BCUT2D eigenvalue weighted by molar-refractivity contribution is 0.401. The second-order valence-electron chi connectivity index (χ2n) is 4.56. The molecule has 2 heteroatoms. The summed E-state index contributed by atoms with van der Waals surface area (Å²) in [5.41, 5.74) is 1.30. The van der Waals surface area contributed by atoms with Gasteiger partial charge in [-0.3, -0.25) is 0 Å². The zero-order valence-corrected chi connectivity index (χ0v) is 10.3. The van der Waals surface area contributed by atoms with Crippen LogP contribution in [-0.4, -0.2) is 20.2 Å². The molecule has 1 unspecified atom stereocenters. The average Bonchev–Trinajstić information content (AvgIpc) is 2.39. The van der Waals surface area contributed by atoms with Gasteiger partial charge in [0.15, 0.2) is 0 Å². The van der Waals surface area contributed by atoms with Crippen molar-refractivity contribution < 1.29 is 4.74 Å². The van der Waals surface area contributed by atoms with Gasteiger partial charge in [0.1, 0.15) is 5.75 Å². The van der Waals surface area contributed by atoms with Crippen molar-refractivity contribution in [1.29, 1.82) is 0 Å². The van der Waals surface area contributed by atoms with E-state index >= 15 is 0 Å². The first-order valence-corrected chi connectivity index (χ1v) is 6.22. The van der Waals surface area contributed by atoms with Crippen LogP contribution in [0.4, 0.5) is 5.69 Å². The van der Waals surface area contributed by atoms with Crippen LogP contribution in [0, 0.1) is 5.92 Å². The molecular weight excluding hydrogens is 198 g/mol. The molecule has 16 heavy (non-hydrogen) atoms. The van der Waals surface area contributed by atoms with Gasteiger partial charge in [-0.25, -0.2) is 0 Å². The summed E-state index contributed by atoms with van der Waals surface area (Å²) in [6.07, 6.45) is 3.99. The van der Waals surface area contributed by atoms with E-state index in [1.54, 1.807) is 7.11 Å². The standard InChI is InChI=1S/C14H21NO/c1-3-12-6-5-9-15(11-12)13-7-4-8-14(10-13)16-2/h4,7-8,10,12H,3,5-6,9,11H2,1-2H3. The first kappa shape index (κ1) is 11.3. The number of nitrogens with zero attached hydrogens (tertiary/aromatic N) is 1. The van der Waals surface area contributed by atoms with Gasteiger partial charge in [-0.2, -0.15) is 0 Å². The summed E-state index contributed by atoms with van der Waals surface area (Å²) in [6, 6.07) is 8.40. The van der Waals surface area contributed by atoms with Gasteiger partial charge >= 0.3 is 0 Å². The third kappa shape index (κ3) is 2.49. The van der Waals surface area contributed by atoms with Crippen molar-refractivity contribution in [2.75, 3.05) is 25.1 Å². The fourth-order valence-corrected chi connectivity index (χ4v) is 2.44. The molecule has 1 aromatic rings. The molecule has 0 aliphatic carbocycles. The average molecular weight is 219 g/mol. The number of piperidine rings is 1. The zero-order chi connectivity index (χ0) is 11.4. The van der Waals surface area contributed by atoms with E-state index in [-0.39, 0.29) is 0 Å². The minimum absolute atomic E-state index is 0.861. The molecule has 0 N–H and O–H groups in total. The van der Waals surface area contributed by atoms with E-state index in [9.17, 15) is 0 Å².